The second kappa shape index (κ2) is 5.04. The normalized spacial score (nSPS) is 12.5. The minimum Gasteiger partial charge on any atom is -0.320 e. The van der Waals surface area contributed by atoms with Gasteiger partial charge in [-0.05, 0) is 36.2 Å². The van der Waals surface area contributed by atoms with E-state index in [9.17, 15) is 8.78 Å². The fourth-order valence-corrected chi connectivity index (χ4v) is 1.97. The van der Waals surface area contributed by atoms with Crippen molar-refractivity contribution in [2.75, 3.05) is 0 Å². The molecular formula is C14H12ClF2N. The smallest absolute Gasteiger partial charge is 0.131 e. The van der Waals surface area contributed by atoms with E-state index in [4.69, 9.17) is 17.3 Å². The van der Waals surface area contributed by atoms with Crippen LogP contribution >= 0.6 is 11.6 Å². The first kappa shape index (κ1) is 13.0. The molecule has 1 nitrogen and oxygen atoms in total. The Morgan fingerprint density at radius 1 is 1.11 bits per heavy atom. The van der Waals surface area contributed by atoms with Gasteiger partial charge in [0.05, 0.1) is 6.04 Å². The fraction of sp³-hybridized carbons (Fsp3) is 0.143. The van der Waals surface area contributed by atoms with E-state index in [-0.39, 0.29) is 5.56 Å². The van der Waals surface area contributed by atoms with Crippen molar-refractivity contribution in [3.8, 4) is 0 Å². The summed E-state index contributed by atoms with van der Waals surface area (Å²) in [7, 11) is 0. The highest BCUT2D eigenvalue weighted by molar-refractivity contribution is 6.31. The second-order valence-corrected chi connectivity index (χ2v) is 4.53. The number of benzene rings is 2. The zero-order valence-corrected chi connectivity index (χ0v) is 10.5. The summed E-state index contributed by atoms with van der Waals surface area (Å²) in [6.07, 6.45) is 0. The molecule has 0 amide bonds. The summed E-state index contributed by atoms with van der Waals surface area (Å²) in [4.78, 5) is 0. The van der Waals surface area contributed by atoms with Gasteiger partial charge >= 0.3 is 0 Å². The third kappa shape index (κ3) is 2.37. The lowest BCUT2D eigenvalue weighted by atomic mass is 9.98. The molecule has 0 spiro atoms. The first-order chi connectivity index (χ1) is 8.50. The van der Waals surface area contributed by atoms with Gasteiger partial charge in [0.1, 0.15) is 11.6 Å². The van der Waals surface area contributed by atoms with Crippen LogP contribution in [0.5, 0.6) is 0 Å². The zero-order valence-electron chi connectivity index (χ0n) is 9.75. The van der Waals surface area contributed by atoms with Crippen LogP contribution in [0, 0.1) is 18.6 Å². The fourth-order valence-electron chi connectivity index (χ4n) is 1.78. The Balaban J connectivity index is 2.48. The molecule has 0 radical (unpaired) electrons. The number of halogens is 3. The zero-order chi connectivity index (χ0) is 13.3. The number of hydrogen-bond acceptors (Lipinski definition) is 1. The van der Waals surface area contributed by atoms with Gasteiger partial charge in [-0.2, -0.15) is 0 Å². The topological polar surface area (TPSA) is 26.0 Å². The van der Waals surface area contributed by atoms with E-state index < -0.39 is 17.7 Å². The Morgan fingerprint density at radius 3 is 2.28 bits per heavy atom. The van der Waals surface area contributed by atoms with Crippen LogP contribution in [0.1, 0.15) is 22.7 Å². The van der Waals surface area contributed by atoms with E-state index in [1.807, 2.05) is 6.92 Å². The monoisotopic (exact) mass is 267 g/mol. The predicted octanol–water partition coefficient (Wildman–Crippen LogP) is 3.97. The Bertz CT molecular complexity index is 564. The molecule has 4 heteroatoms. The molecule has 2 aromatic carbocycles. The van der Waals surface area contributed by atoms with E-state index in [1.54, 1.807) is 18.2 Å². The molecule has 1 unspecified atom stereocenters. The van der Waals surface area contributed by atoms with E-state index in [0.29, 0.717) is 10.6 Å². The Kier molecular flexibility index (Phi) is 3.64. The van der Waals surface area contributed by atoms with Crippen molar-refractivity contribution in [2.24, 2.45) is 5.73 Å². The Labute approximate surface area is 109 Å². The highest BCUT2D eigenvalue weighted by Gasteiger charge is 2.18. The van der Waals surface area contributed by atoms with Crippen LogP contribution < -0.4 is 5.73 Å². The van der Waals surface area contributed by atoms with Crippen molar-refractivity contribution in [1.82, 2.24) is 0 Å². The highest BCUT2D eigenvalue weighted by atomic mass is 35.5. The van der Waals surface area contributed by atoms with Gasteiger partial charge < -0.3 is 5.73 Å². The third-order valence-electron chi connectivity index (χ3n) is 2.87. The molecule has 0 heterocycles. The number of nitrogens with two attached hydrogens (primary N) is 1. The molecule has 0 saturated heterocycles. The van der Waals surface area contributed by atoms with Crippen molar-refractivity contribution in [3.05, 3.63) is 69.7 Å². The van der Waals surface area contributed by atoms with Gasteiger partial charge in [0.25, 0.3) is 0 Å². The molecule has 2 aromatic rings. The van der Waals surface area contributed by atoms with Gasteiger partial charge in [0.15, 0.2) is 0 Å². The molecule has 0 aliphatic heterocycles. The van der Waals surface area contributed by atoms with Gasteiger partial charge in [-0.1, -0.05) is 29.8 Å². The minimum atomic E-state index is -0.871. The number of hydrogen-bond donors (Lipinski definition) is 1. The molecule has 2 N–H and O–H groups in total. The summed E-state index contributed by atoms with van der Waals surface area (Å²) in [6.45, 7) is 1.85. The summed E-state index contributed by atoms with van der Waals surface area (Å²) in [5.41, 5.74) is 7.23. The molecule has 94 valence electrons. The lowest BCUT2D eigenvalue weighted by Crippen LogP contribution is -2.15. The van der Waals surface area contributed by atoms with Crippen molar-refractivity contribution in [3.63, 3.8) is 0 Å². The van der Waals surface area contributed by atoms with Gasteiger partial charge in [-0.25, -0.2) is 8.78 Å². The van der Waals surface area contributed by atoms with Crippen LogP contribution in [-0.4, -0.2) is 0 Å². The molecule has 18 heavy (non-hydrogen) atoms. The van der Waals surface area contributed by atoms with Crippen molar-refractivity contribution < 1.29 is 8.78 Å². The lowest BCUT2D eigenvalue weighted by Gasteiger charge is -2.15. The number of aryl methyl sites for hydroxylation is 1. The Hall–Kier alpha value is -1.45. The first-order valence-electron chi connectivity index (χ1n) is 5.46. The average molecular weight is 268 g/mol. The van der Waals surface area contributed by atoms with Gasteiger partial charge in [0.2, 0.25) is 0 Å². The second-order valence-electron chi connectivity index (χ2n) is 4.12. The summed E-state index contributed by atoms with van der Waals surface area (Å²) < 4.78 is 27.2. The molecule has 0 saturated carbocycles. The maximum atomic E-state index is 13.6. The van der Waals surface area contributed by atoms with Crippen LogP contribution in [-0.2, 0) is 0 Å². The predicted molar refractivity (Wildman–Crippen MR) is 68.6 cm³/mol. The van der Waals surface area contributed by atoms with Crippen LogP contribution in [0.15, 0.2) is 36.4 Å². The summed E-state index contributed by atoms with van der Waals surface area (Å²) in [5, 5.41) is 0.527. The van der Waals surface area contributed by atoms with Gasteiger partial charge in [-0.3, -0.25) is 0 Å². The van der Waals surface area contributed by atoms with Crippen LogP contribution in [0.4, 0.5) is 8.78 Å². The maximum Gasteiger partial charge on any atom is 0.131 e. The maximum absolute atomic E-state index is 13.6. The molecule has 0 bridgehead atoms. The molecule has 0 fully saturated rings. The summed E-state index contributed by atoms with van der Waals surface area (Å²) in [6, 6.07) is 7.94. The van der Waals surface area contributed by atoms with Crippen LogP contribution in [0.25, 0.3) is 0 Å². The van der Waals surface area contributed by atoms with Crippen LogP contribution in [0.3, 0.4) is 0 Å². The Morgan fingerprint density at radius 2 is 1.72 bits per heavy atom. The van der Waals surface area contributed by atoms with E-state index in [1.165, 1.54) is 18.2 Å². The molecule has 0 aliphatic carbocycles. The quantitative estimate of drug-likeness (QED) is 0.875. The SMILES string of the molecule is Cc1ccc(C(N)c2c(F)cccc2F)cc1Cl. The van der Waals surface area contributed by atoms with E-state index in [0.717, 1.165) is 5.56 Å². The average Bonchev–Trinajstić information content (AvgIpc) is 2.32. The summed E-state index contributed by atoms with van der Waals surface area (Å²) in [5.74, 6) is -1.31. The first-order valence-corrected chi connectivity index (χ1v) is 5.84. The van der Waals surface area contributed by atoms with Crippen LogP contribution in [0.2, 0.25) is 5.02 Å². The third-order valence-corrected chi connectivity index (χ3v) is 3.27. The van der Waals surface area contributed by atoms with E-state index in [2.05, 4.69) is 0 Å². The van der Waals surface area contributed by atoms with Gasteiger partial charge in [0, 0.05) is 10.6 Å². The molecule has 0 aromatic heterocycles. The molecule has 2 rings (SSSR count). The number of rotatable bonds is 2. The largest absolute Gasteiger partial charge is 0.320 e. The van der Waals surface area contributed by atoms with Crippen molar-refractivity contribution in [2.45, 2.75) is 13.0 Å². The van der Waals surface area contributed by atoms with Crippen molar-refractivity contribution in [1.29, 1.82) is 0 Å². The van der Waals surface area contributed by atoms with Crippen molar-refractivity contribution >= 4 is 11.6 Å². The molecular weight excluding hydrogens is 256 g/mol. The lowest BCUT2D eigenvalue weighted by molar-refractivity contribution is 0.543. The highest BCUT2D eigenvalue weighted by Crippen LogP contribution is 2.27. The van der Waals surface area contributed by atoms with E-state index >= 15 is 0 Å². The standard InChI is InChI=1S/C14H12ClF2N/c1-8-5-6-9(7-10(8)15)14(18)13-11(16)3-2-4-12(13)17/h2-7,14H,18H2,1H3. The molecule has 1 atom stereocenters. The minimum absolute atomic E-state index is 0.141. The summed E-state index contributed by atoms with van der Waals surface area (Å²) >= 11 is 5.98. The molecule has 0 aliphatic rings. The van der Waals surface area contributed by atoms with Gasteiger partial charge in [-0.15, -0.1) is 0 Å².